The smallest absolute Gasteiger partial charge is 0.267 e. The number of nitriles is 2. The van der Waals surface area contributed by atoms with Gasteiger partial charge < -0.3 is 14.7 Å². The molecule has 1 amide bonds. The summed E-state index contributed by atoms with van der Waals surface area (Å²) in [5.74, 6) is -0.592. The van der Waals surface area contributed by atoms with Crippen LogP contribution in [0.15, 0.2) is 72.9 Å². The Hall–Kier alpha value is -5.75. The highest BCUT2D eigenvalue weighted by molar-refractivity contribution is 5.91. The molecular formula is C36H33FN6O4. The van der Waals surface area contributed by atoms with E-state index in [1.807, 2.05) is 30.3 Å². The number of carbonyl (C=O) groups excluding carboxylic acids is 1. The average molecular weight is 633 g/mol. The predicted octanol–water partition coefficient (Wildman–Crippen LogP) is 5.63. The first-order chi connectivity index (χ1) is 22.8. The van der Waals surface area contributed by atoms with Crippen LogP contribution in [0.1, 0.15) is 35.1 Å². The van der Waals surface area contributed by atoms with Crippen LogP contribution < -0.4 is 15.1 Å². The largest absolute Gasteiger partial charge is 0.504 e. The number of hydrogen-bond acceptors (Lipinski definition) is 9. The number of nitrogens with one attached hydrogen (secondary N) is 1. The molecule has 3 aromatic carbocycles. The average Bonchev–Trinajstić information content (AvgIpc) is 3.10. The summed E-state index contributed by atoms with van der Waals surface area (Å²) in [7, 11) is 3.53. The Bertz CT molecular complexity index is 1890. The number of phenolic OH excluding ortho intramolecular Hbond substituents is 1. The second-order valence-corrected chi connectivity index (χ2v) is 11.2. The van der Waals surface area contributed by atoms with Gasteiger partial charge in [-0.15, -0.1) is 0 Å². The Kier molecular flexibility index (Phi) is 10.1. The quantitative estimate of drug-likeness (QED) is 0.121. The summed E-state index contributed by atoms with van der Waals surface area (Å²) < 4.78 is 20.1. The second kappa shape index (κ2) is 14.6. The van der Waals surface area contributed by atoms with E-state index >= 15 is 0 Å². The van der Waals surface area contributed by atoms with Crippen LogP contribution in [0.3, 0.4) is 0 Å². The summed E-state index contributed by atoms with van der Waals surface area (Å²) in [6.45, 7) is 2.03. The third-order valence-corrected chi connectivity index (χ3v) is 8.38. The molecule has 10 nitrogen and oxygen atoms in total. The molecular weight excluding hydrogens is 599 g/mol. The molecule has 0 spiro atoms. The van der Waals surface area contributed by atoms with Gasteiger partial charge in [0, 0.05) is 49.1 Å². The number of anilines is 1. The van der Waals surface area contributed by atoms with Crippen LogP contribution in [-0.4, -0.2) is 59.4 Å². The summed E-state index contributed by atoms with van der Waals surface area (Å²) in [5, 5.41) is 38.9. The zero-order chi connectivity index (χ0) is 33.5. The molecule has 0 saturated carbocycles. The maximum Gasteiger partial charge on any atom is 0.267 e. The van der Waals surface area contributed by atoms with Crippen LogP contribution >= 0.6 is 0 Å². The topological polar surface area (TPSA) is 146 Å². The molecule has 1 aliphatic rings. The maximum absolute atomic E-state index is 14.9. The first kappa shape index (κ1) is 32.6. The summed E-state index contributed by atoms with van der Waals surface area (Å²) in [6, 6.07) is 21.4. The zero-order valence-corrected chi connectivity index (χ0v) is 25.9. The molecule has 11 heteroatoms. The van der Waals surface area contributed by atoms with Gasteiger partial charge in [-0.1, -0.05) is 36.4 Å². The van der Waals surface area contributed by atoms with Crippen LogP contribution in [0.25, 0.3) is 28.3 Å². The van der Waals surface area contributed by atoms with E-state index in [9.17, 15) is 24.8 Å². The van der Waals surface area contributed by atoms with E-state index in [2.05, 4.69) is 22.9 Å². The minimum atomic E-state index is -0.695. The number of amides is 1. The van der Waals surface area contributed by atoms with E-state index < -0.39 is 11.7 Å². The van der Waals surface area contributed by atoms with Gasteiger partial charge in [0.2, 0.25) is 0 Å². The van der Waals surface area contributed by atoms with Crippen LogP contribution in [0.4, 0.5) is 10.2 Å². The molecule has 1 aliphatic heterocycles. The minimum absolute atomic E-state index is 0.0874. The lowest BCUT2D eigenvalue weighted by atomic mass is 9.91. The number of piperidine rings is 1. The van der Waals surface area contributed by atoms with Crippen molar-refractivity contribution in [3.8, 4) is 45.9 Å². The van der Waals surface area contributed by atoms with Gasteiger partial charge in [-0.05, 0) is 72.5 Å². The van der Waals surface area contributed by atoms with E-state index in [1.165, 1.54) is 31.4 Å². The van der Waals surface area contributed by atoms with E-state index in [4.69, 9.17) is 14.9 Å². The molecule has 47 heavy (non-hydrogen) atoms. The van der Waals surface area contributed by atoms with Gasteiger partial charge in [-0.2, -0.15) is 10.5 Å². The molecule has 0 aliphatic carbocycles. The van der Waals surface area contributed by atoms with Gasteiger partial charge >= 0.3 is 0 Å². The van der Waals surface area contributed by atoms with Crippen molar-refractivity contribution in [2.75, 3.05) is 32.1 Å². The third-order valence-electron chi connectivity index (χ3n) is 8.38. The molecule has 238 valence electrons. The Balaban J connectivity index is 1.39. The van der Waals surface area contributed by atoms with Crippen molar-refractivity contribution in [1.29, 1.82) is 10.5 Å². The molecule has 1 saturated heterocycles. The number of phenols is 1. The van der Waals surface area contributed by atoms with Crippen LogP contribution in [-0.2, 0) is 11.3 Å². The number of hydroxylamine groups is 1. The highest BCUT2D eigenvalue weighted by atomic mass is 19.1. The van der Waals surface area contributed by atoms with Gasteiger partial charge in [-0.25, -0.2) is 14.9 Å². The van der Waals surface area contributed by atoms with Gasteiger partial charge in [0.05, 0.1) is 12.7 Å². The summed E-state index contributed by atoms with van der Waals surface area (Å²) >= 11 is 0. The fourth-order valence-corrected chi connectivity index (χ4v) is 5.86. The highest BCUT2D eigenvalue weighted by Crippen LogP contribution is 2.41. The number of aromatic hydroxyl groups is 1. The van der Waals surface area contributed by atoms with Crippen molar-refractivity contribution in [3.05, 3.63) is 101 Å². The number of hydrogen-bond donors (Lipinski definition) is 3. The molecule has 3 N–H and O–H groups in total. The lowest BCUT2D eigenvalue weighted by molar-refractivity contribution is -0.124. The van der Waals surface area contributed by atoms with Gasteiger partial charge in [0.1, 0.15) is 29.3 Å². The monoisotopic (exact) mass is 632 g/mol. The number of carbonyl (C=O) groups is 1. The number of benzene rings is 3. The Morgan fingerprint density at radius 1 is 1.11 bits per heavy atom. The standard InChI is InChI=1S/C36H33FN6O4/c1-42(22-24-5-3-23(4-6-24)7-12-34(45)41-46)28-13-15-43(16-14-28)36-29(20-39)35(26-8-9-27(19-38)31(37)17-26)30(21-40-36)25-10-11-33(47-2)32(44)18-25/h3-12,17-18,21,28,44,46H,13-16,22H2,1-2H3,(H,41,45)/b12-7+. The molecule has 0 bridgehead atoms. The normalized spacial score (nSPS) is 13.4. The molecule has 5 rings (SSSR count). The fraction of sp³-hybridized carbons (Fsp3) is 0.222. The first-order valence-electron chi connectivity index (χ1n) is 14.9. The van der Waals surface area contributed by atoms with E-state index in [-0.39, 0.29) is 22.6 Å². The van der Waals surface area contributed by atoms with Gasteiger partial charge in [0.25, 0.3) is 5.91 Å². The van der Waals surface area contributed by atoms with Gasteiger partial charge in [-0.3, -0.25) is 14.9 Å². The van der Waals surface area contributed by atoms with Crippen LogP contribution in [0.5, 0.6) is 11.5 Å². The van der Waals surface area contributed by atoms with E-state index in [1.54, 1.807) is 36.0 Å². The second-order valence-electron chi connectivity index (χ2n) is 11.2. The fourth-order valence-electron chi connectivity index (χ4n) is 5.86. The third kappa shape index (κ3) is 7.23. The Morgan fingerprint density at radius 3 is 2.45 bits per heavy atom. The minimum Gasteiger partial charge on any atom is -0.504 e. The van der Waals surface area contributed by atoms with E-state index in [0.29, 0.717) is 47.2 Å². The highest BCUT2D eigenvalue weighted by Gasteiger charge is 2.27. The molecule has 1 aromatic heterocycles. The number of halogens is 1. The number of pyridine rings is 1. The molecule has 1 fully saturated rings. The Labute approximate surface area is 272 Å². The van der Waals surface area contributed by atoms with Crippen molar-refractivity contribution >= 4 is 17.8 Å². The summed E-state index contributed by atoms with van der Waals surface area (Å²) in [6.07, 6.45) is 6.17. The van der Waals surface area contributed by atoms with Crippen molar-refractivity contribution in [1.82, 2.24) is 15.4 Å². The van der Waals surface area contributed by atoms with Crippen molar-refractivity contribution in [2.45, 2.75) is 25.4 Å². The van der Waals surface area contributed by atoms with E-state index in [0.717, 1.165) is 30.5 Å². The SMILES string of the molecule is COc1ccc(-c2cnc(N3CCC(N(C)Cc4ccc(/C=C/C(=O)NO)cc4)CC3)c(C#N)c2-c2ccc(C#N)c(F)c2)cc1O. The molecule has 2 heterocycles. The number of rotatable bonds is 9. The molecule has 0 atom stereocenters. The summed E-state index contributed by atoms with van der Waals surface area (Å²) in [5.41, 5.74) is 5.67. The molecule has 4 aromatic rings. The number of methoxy groups -OCH3 is 1. The molecule has 0 radical (unpaired) electrons. The van der Waals surface area contributed by atoms with Crippen molar-refractivity contribution < 1.29 is 24.2 Å². The van der Waals surface area contributed by atoms with Crippen LogP contribution in [0.2, 0.25) is 0 Å². The lowest BCUT2D eigenvalue weighted by Gasteiger charge is -2.38. The summed E-state index contributed by atoms with van der Waals surface area (Å²) in [4.78, 5) is 20.3. The number of aromatic nitrogens is 1. The van der Waals surface area contributed by atoms with Gasteiger partial charge in [0.15, 0.2) is 11.5 Å². The first-order valence-corrected chi connectivity index (χ1v) is 14.9. The zero-order valence-electron chi connectivity index (χ0n) is 25.9. The number of nitrogens with zero attached hydrogens (tertiary/aromatic N) is 5. The van der Waals surface area contributed by atoms with Crippen LogP contribution in [0, 0.1) is 28.5 Å². The molecule has 0 unspecified atom stereocenters. The van der Waals surface area contributed by atoms with Crippen molar-refractivity contribution in [3.63, 3.8) is 0 Å². The lowest BCUT2D eigenvalue weighted by Crippen LogP contribution is -2.43. The van der Waals surface area contributed by atoms with Crippen molar-refractivity contribution in [2.24, 2.45) is 0 Å². The Morgan fingerprint density at radius 2 is 1.83 bits per heavy atom. The predicted molar refractivity (Wildman–Crippen MR) is 175 cm³/mol. The number of ether oxygens (including phenoxy) is 1. The maximum atomic E-state index is 14.9.